The molecule has 0 radical (unpaired) electrons. The lowest BCUT2D eigenvalue weighted by Crippen LogP contribution is -1.98. The lowest BCUT2D eigenvalue weighted by atomic mass is 10.3. The van der Waals surface area contributed by atoms with E-state index in [4.69, 9.17) is 17.3 Å². The minimum Gasteiger partial charge on any atom is -0.399 e. The normalized spacial score (nSPS) is 9.64. The SMILES string of the molecule is Nc1cc(F)nc(C(=O)Cl)c1. The standard InChI is InChI=1S/C6H4ClFN2O/c7-6(11)4-1-3(9)2-5(8)10-4/h1-2H,(H2,9,10). The molecule has 0 spiro atoms. The summed E-state index contributed by atoms with van der Waals surface area (Å²) in [5.41, 5.74) is 5.16. The molecule has 0 unspecified atom stereocenters. The molecule has 0 bridgehead atoms. The minimum atomic E-state index is -0.823. The Hall–Kier alpha value is -1.16. The second-order valence-corrected chi connectivity index (χ2v) is 2.23. The van der Waals surface area contributed by atoms with Crippen molar-refractivity contribution in [2.75, 3.05) is 5.73 Å². The van der Waals surface area contributed by atoms with E-state index in [1.165, 1.54) is 6.07 Å². The first kappa shape index (κ1) is 7.94. The van der Waals surface area contributed by atoms with E-state index in [1.807, 2.05) is 0 Å². The molecule has 0 saturated heterocycles. The fourth-order valence-corrected chi connectivity index (χ4v) is 0.714. The van der Waals surface area contributed by atoms with Gasteiger partial charge in [0.25, 0.3) is 5.24 Å². The number of nitrogens with zero attached hydrogens (tertiary/aromatic N) is 1. The lowest BCUT2D eigenvalue weighted by Gasteiger charge is -1.95. The van der Waals surface area contributed by atoms with Crippen LogP contribution in [0.1, 0.15) is 10.5 Å². The highest BCUT2D eigenvalue weighted by Gasteiger charge is 2.05. The second-order valence-electron chi connectivity index (χ2n) is 1.88. The fraction of sp³-hybridized carbons (Fsp3) is 0. The number of anilines is 1. The van der Waals surface area contributed by atoms with Crippen LogP contribution in [0.5, 0.6) is 0 Å². The molecule has 0 aromatic carbocycles. The lowest BCUT2D eigenvalue weighted by molar-refractivity contribution is 0.107. The van der Waals surface area contributed by atoms with Crippen molar-refractivity contribution in [2.45, 2.75) is 0 Å². The number of nitrogen functional groups attached to an aromatic ring is 1. The zero-order chi connectivity index (χ0) is 8.43. The molecule has 1 aromatic rings. The van der Waals surface area contributed by atoms with Gasteiger partial charge in [0, 0.05) is 11.8 Å². The van der Waals surface area contributed by atoms with Crippen molar-refractivity contribution in [3.8, 4) is 0 Å². The number of pyridine rings is 1. The van der Waals surface area contributed by atoms with E-state index in [0.29, 0.717) is 0 Å². The van der Waals surface area contributed by atoms with Crippen molar-refractivity contribution >= 4 is 22.5 Å². The van der Waals surface area contributed by atoms with Crippen molar-refractivity contribution < 1.29 is 9.18 Å². The van der Waals surface area contributed by atoms with Crippen molar-refractivity contribution in [1.82, 2.24) is 4.98 Å². The third kappa shape index (κ3) is 1.88. The third-order valence-corrected chi connectivity index (χ3v) is 1.21. The number of nitrogens with two attached hydrogens (primary N) is 1. The van der Waals surface area contributed by atoms with Crippen molar-refractivity contribution in [1.29, 1.82) is 0 Å². The summed E-state index contributed by atoms with van der Waals surface area (Å²) in [5, 5.41) is -0.823. The molecular weight excluding hydrogens is 171 g/mol. The molecule has 0 atom stereocenters. The number of carbonyl (C=O) groups excluding carboxylic acids is 1. The van der Waals surface area contributed by atoms with Crippen LogP contribution >= 0.6 is 11.6 Å². The third-order valence-electron chi connectivity index (χ3n) is 1.02. The zero-order valence-corrected chi connectivity index (χ0v) is 6.10. The summed E-state index contributed by atoms with van der Waals surface area (Å²) in [6.45, 7) is 0. The number of rotatable bonds is 1. The monoisotopic (exact) mass is 174 g/mol. The summed E-state index contributed by atoms with van der Waals surface area (Å²) < 4.78 is 12.4. The Labute approximate surface area is 67.0 Å². The fourth-order valence-electron chi connectivity index (χ4n) is 0.617. The van der Waals surface area contributed by atoms with Crippen LogP contribution in [-0.2, 0) is 0 Å². The van der Waals surface area contributed by atoms with Crippen LogP contribution in [0.4, 0.5) is 10.1 Å². The van der Waals surface area contributed by atoms with Gasteiger partial charge in [-0.15, -0.1) is 0 Å². The second kappa shape index (κ2) is 2.84. The molecule has 0 aliphatic heterocycles. The predicted octanol–water partition coefficient (Wildman–Crippen LogP) is 1.18. The smallest absolute Gasteiger partial charge is 0.271 e. The Morgan fingerprint density at radius 1 is 1.64 bits per heavy atom. The maximum absolute atomic E-state index is 12.4. The average molecular weight is 175 g/mol. The van der Waals surface area contributed by atoms with E-state index in [2.05, 4.69) is 4.98 Å². The molecule has 0 aliphatic rings. The first-order chi connectivity index (χ1) is 5.09. The number of aromatic nitrogens is 1. The van der Waals surface area contributed by atoms with E-state index in [0.717, 1.165) is 6.07 Å². The highest BCUT2D eigenvalue weighted by Crippen LogP contribution is 2.08. The van der Waals surface area contributed by atoms with Gasteiger partial charge in [-0.2, -0.15) is 4.39 Å². The topological polar surface area (TPSA) is 56.0 Å². The van der Waals surface area contributed by atoms with Gasteiger partial charge in [0.1, 0.15) is 5.69 Å². The molecule has 0 saturated carbocycles. The van der Waals surface area contributed by atoms with Gasteiger partial charge >= 0.3 is 0 Å². The highest BCUT2D eigenvalue weighted by atomic mass is 35.5. The first-order valence-electron chi connectivity index (χ1n) is 2.72. The van der Waals surface area contributed by atoms with Crippen molar-refractivity contribution in [3.05, 3.63) is 23.8 Å². The molecule has 58 valence electrons. The number of hydrogen-bond acceptors (Lipinski definition) is 3. The molecular formula is C6H4ClFN2O. The summed E-state index contributed by atoms with van der Waals surface area (Å²) in [7, 11) is 0. The molecule has 1 aromatic heterocycles. The highest BCUT2D eigenvalue weighted by molar-refractivity contribution is 6.67. The van der Waals surface area contributed by atoms with Crippen LogP contribution < -0.4 is 5.73 Å². The Balaban J connectivity index is 3.19. The van der Waals surface area contributed by atoms with Crippen molar-refractivity contribution in [3.63, 3.8) is 0 Å². The van der Waals surface area contributed by atoms with E-state index in [1.54, 1.807) is 0 Å². The molecule has 1 heterocycles. The molecule has 11 heavy (non-hydrogen) atoms. The van der Waals surface area contributed by atoms with Gasteiger partial charge in [-0.3, -0.25) is 4.79 Å². The van der Waals surface area contributed by atoms with E-state index in [-0.39, 0.29) is 11.4 Å². The molecule has 2 N–H and O–H groups in total. The molecule has 1 rings (SSSR count). The van der Waals surface area contributed by atoms with Crippen LogP contribution in [0.3, 0.4) is 0 Å². The summed E-state index contributed by atoms with van der Waals surface area (Å²) in [5.74, 6) is -0.811. The maximum atomic E-state index is 12.4. The quantitative estimate of drug-likeness (QED) is 0.514. The van der Waals surface area contributed by atoms with Gasteiger partial charge in [-0.1, -0.05) is 0 Å². The Kier molecular flexibility index (Phi) is 2.05. The van der Waals surface area contributed by atoms with Crippen LogP contribution in [-0.4, -0.2) is 10.2 Å². The van der Waals surface area contributed by atoms with Gasteiger partial charge in [0.15, 0.2) is 0 Å². The summed E-state index contributed by atoms with van der Waals surface area (Å²) in [6, 6.07) is 2.21. The number of halogens is 2. The molecule has 0 amide bonds. The molecule has 3 nitrogen and oxygen atoms in total. The average Bonchev–Trinajstić information content (AvgIpc) is 1.85. The van der Waals surface area contributed by atoms with Crippen LogP contribution in [0.25, 0.3) is 0 Å². The minimum absolute atomic E-state index is 0.126. The Bertz CT molecular complexity index is 282. The number of carbonyl (C=O) groups is 1. The van der Waals surface area contributed by atoms with Crippen LogP contribution in [0.2, 0.25) is 0 Å². The van der Waals surface area contributed by atoms with Crippen molar-refractivity contribution in [2.24, 2.45) is 0 Å². The summed E-state index contributed by atoms with van der Waals surface area (Å²) in [6.07, 6.45) is 0. The van der Waals surface area contributed by atoms with E-state index >= 15 is 0 Å². The number of hydrogen-bond donors (Lipinski definition) is 1. The largest absolute Gasteiger partial charge is 0.399 e. The zero-order valence-electron chi connectivity index (χ0n) is 5.34. The molecule has 5 heteroatoms. The van der Waals surface area contributed by atoms with Crippen LogP contribution in [0.15, 0.2) is 12.1 Å². The Morgan fingerprint density at radius 3 is 2.73 bits per heavy atom. The summed E-state index contributed by atoms with van der Waals surface area (Å²) in [4.78, 5) is 13.6. The first-order valence-corrected chi connectivity index (χ1v) is 3.10. The van der Waals surface area contributed by atoms with E-state index in [9.17, 15) is 9.18 Å². The van der Waals surface area contributed by atoms with Gasteiger partial charge in [0.2, 0.25) is 5.95 Å². The van der Waals surface area contributed by atoms with Gasteiger partial charge in [-0.05, 0) is 17.7 Å². The predicted molar refractivity (Wildman–Crippen MR) is 38.8 cm³/mol. The van der Waals surface area contributed by atoms with Gasteiger partial charge < -0.3 is 5.73 Å². The summed E-state index contributed by atoms with van der Waals surface area (Å²) >= 11 is 5.02. The van der Waals surface area contributed by atoms with Gasteiger partial charge in [-0.25, -0.2) is 4.98 Å². The van der Waals surface area contributed by atoms with Crippen LogP contribution in [0, 0.1) is 5.95 Å². The molecule has 0 aliphatic carbocycles. The Morgan fingerprint density at radius 2 is 2.27 bits per heavy atom. The van der Waals surface area contributed by atoms with Gasteiger partial charge in [0.05, 0.1) is 0 Å². The molecule has 0 fully saturated rings. The maximum Gasteiger partial charge on any atom is 0.271 e. The van der Waals surface area contributed by atoms with E-state index < -0.39 is 11.2 Å².